The lowest BCUT2D eigenvalue weighted by Crippen LogP contribution is -2.19. The van der Waals surface area contributed by atoms with Gasteiger partial charge in [0.05, 0.1) is 6.61 Å². The van der Waals surface area contributed by atoms with Gasteiger partial charge >= 0.3 is 0 Å². The summed E-state index contributed by atoms with van der Waals surface area (Å²) in [5, 5.41) is 0. The first-order valence-corrected chi connectivity index (χ1v) is 12.7. The average Bonchev–Trinajstić information content (AvgIpc) is 2.81. The van der Waals surface area contributed by atoms with Crippen LogP contribution in [0.1, 0.15) is 90.0 Å². The van der Waals surface area contributed by atoms with Crippen molar-refractivity contribution in [1.29, 1.82) is 0 Å². The smallest absolute Gasteiger partial charge is 0.119 e. The van der Waals surface area contributed by atoms with E-state index >= 15 is 0 Å². The predicted octanol–water partition coefficient (Wildman–Crippen LogP) is 7.99. The molecule has 1 aromatic carbocycles. The fraction of sp³-hybridized carbons (Fsp3) is 0.655. The first kappa shape index (κ1) is 23.0. The molecule has 0 N–H and O–H groups in total. The summed E-state index contributed by atoms with van der Waals surface area (Å²) in [6.07, 6.45) is 20.1. The third-order valence-corrected chi connectivity index (χ3v) is 7.28. The van der Waals surface area contributed by atoms with Crippen LogP contribution in [0.25, 0.3) is 0 Å². The molecule has 2 aliphatic rings. The van der Waals surface area contributed by atoms with Gasteiger partial charge in [0, 0.05) is 5.92 Å². The molecule has 2 aliphatic carbocycles. The number of allylic oxidation sites excluding steroid dienone is 2. The van der Waals surface area contributed by atoms with Gasteiger partial charge < -0.3 is 4.74 Å². The van der Waals surface area contributed by atoms with Gasteiger partial charge in [-0.2, -0.15) is 0 Å². The minimum absolute atomic E-state index is 0.583. The van der Waals surface area contributed by atoms with Crippen LogP contribution in [0.15, 0.2) is 36.4 Å². The summed E-state index contributed by atoms with van der Waals surface area (Å²) in [6.45, 7) is 5.43. The molecule has 0 aliphatic heterocycles. The lowest BCUT2D eigenvalue weighted by atomic mass is 9.81. The Bertz CT molecular complexity index is 673. The van der Waals surface area contributed by atoms with Gasteiger partial charge in [-0.25, -0.2) is 0 Å². The molecule has 3 rings (SSSR count). The molecular weight excluding hydrogens is 364 g/mol. The Balaban J connectivity index is 1.31. The minimum Gasteiger partial charge on any atom is -0.493 e. The van der Waals surface area contributed by atoms with Crippen molar-refractivity contribution in [2.75, 3.05) is 6.61 Å². The number of aryl methyl sites for hydroxylation is 1. The van der Waals surface area contributed by atoms with Crippen LogP contribution >= 0.6 is 0 Å². The SMILES string of the molecule is CCCCc1ccc(OCC2CCC(C#CC=CC3CCC(CC)CC3)CC2)cc1. The molecule has 0 amide bonds. The Kier molecular flexibility index (Phi) is 9.88. The Hall–Kier alpha value is -1.68. The van der Waals surface area contributed by atoms with Gasteiger partial charge in [-0.15, -0.1) is 0 Å². The molecular formula is C29H42O. The van der Waals surface area contributed by atoms with Crippen molar-refractivity contribution < 1.29 is 4.74 Å². The zero-order valence-electron chi connectivity index (χ0n) is 19.4. The Morgan fingerprint density at radius 2 is 1.60 bits per heavy atom. The van der Waals surface area contributed by atoms with E-state index < -0.39 is 0 Å². The van der Waals surface area contributed by atoms with Gasteiger partial charge in [0.2, 0.25) is 0 Å². The van der Waals surface area contributed by atoms with Crippen LogP contribution in [0.5, 0.6) is 5.75 Å². The predicted molar refractivity (Wildman–Crippen MR) is 129 cm³/mol. The lowest BCUT2D eigenvalue weighted by Gasteiger charge is -2.25. The molecule has 30 heavy (non-hydrogen) atoms. The third-order valence-electron chi connectivity index (χ3n) is 7.28. The fourth-order valence-electron chi connectivity index (χ4n) is 4.96. The molecule has 1 nitrogen and oxygen atoms in total. The molecule has 0 unspecified atom stereocenters. The highest BCUT2D eigenvalue weighted by Crippen LogP contribution is 2.31. The van der Waals surface area contributed by atoms with Crippen LogP contribution in [0.3, 0.4) is 0 Å². The summed E-state index contributed by atoms with van der Waals surface area (Å²) >= 11 is 0. The van der Waals surface area contributed by atoms with E-state index in [4.69, 9.17) is 4.74 Å². The summed E-state index contributed by atoms with van der Waals surface area (Å²) in [5.41, 5.74) is 1.42. The normalized spacial score (nSPS) is 26.9. The second kappa shape index (κ2) is 12.9. The van der Waals surface area contributed by atoms with Crippen molar-refractivity contribution in [3.05, 3.63) is 42.0 Å². The van der Waals surface area contributed by atoms with Gasteiger partial charge in [-0.1, -0.05) is 56.7 Å². The Labute approximate surface area is 185 Å². The fourth-order valence-corrected chi connectivity index (χ4v) is 4.96. The van der Waals surface area contributed by atoms with Crippen LogP contribution in [0.4, 0.5) is 0 Å². The minimum atomic E-state index is 0.583. The monoisotopic (exact) mass is 406 g/mol. The van der Waals surface area contributed by atoms with Crippen molar-refractivity contribution in [2.45, 2.75) is 90.9 Å². The molecule has 0 saturated heterocycles. The number of hydrogen-bond acceptors (Lipinski definition) is 1. The number of ether oxygens (including phenoxy) is 1. The maximum atomic E-state index is 6.07. The molecule has 2 saturated carbocycles. The van der Waals surface area contributed by atoms with E-state index in [9.17, 15) is 0 Å². The van der Waals surface area contributed by atoms with E-state index in [0.29, 0.717) is 11.8 Å². The first-order chi connectivity index (χ1) is 14.8. The topological polar surface area (TPSA) is 9.23 Å². The van der Waals surface area contributed by atoms with E-state index in [2.05, 4.69) is 62.1 Å². The summed E-state index contributed by atoms with van der Waals surface area (Å²) in [4.78, 5) is 0. The first-order valence-electron chi connectivity index (χ1n) is 12.7. The molecule has 0 aromatic heterocycles. The summed E-state index contributed by atoms with van der Waals surface area (Å²) in [5.74, 6) is 10.9. The maximum absolute atomic E-state index is 6.07. The van der Waals surface area contributed by atoms with Gasteiger partial charge in [0.15, 0.2) is 0 Å². The van der Waals surface area contributed by atoms with Crippen molar-refractivity contribution in [3.8, 4) is 17.6 Å². The standard InChI is InChI=1S/C29H42O/c1-3-5-8-25-19-21-29(22-20-25)30-23-28-17-15-27(16-18-28)10-7-6-9-26-13-11-24(4-2)12-14-26/h6,9,19-22,24,26-28H,3-5,8,11-18,23H2,1-2H3. The van der Waals surface area contributed by atoms with E-state index in [1.165, 1.54) is 82.6 Å². The largest absolute Gasteiger partial charge is 0.493 e. The highest BCUT2D eigenvalue weighted by Gasteiger charge is 2.20. The summed E-state index contributed by atoms with van der Waals surface area (Å²) in [7, 11) is 0. The Morgan fingerprint density at radius 3 is 2.27 bits per heavy atom. The van der Waals surface area contributed by atoms with Crippen LogP contribution in [0.2, 0.25) is 0 Å². The maximum Gasteiger partial charge on any atom is 0.119 e. The quantitative estimate of drug-likeness (QED) is 0.397. The van der Waals surface area contributed by atoms with Crippen LogP contribution < -0.4 is 4.74 Å². The second-order valence-electron chi connectivity index (χ2n) is 9.61. The second-order valence-corrected chi connectivity index (χ2v) is 9.61. The van der Waals surface area contributed by atoms with E-state index in [1.54, 1.807) is 0 Å². The van der Waals surface area contributed by atoms with Crippen molar-refractivity contribution >= 4 is 0 Å². The van der Waals surface area contributed by atoms with E-state index in [1.807, 2.05) is 0 Å². The van der Waals surface area contributed by atoms with Crippen LogP contribution in [-0.4, -0.2) is 6.61 Å². The van der Waals surface area contributed by atoms with Crippen LogP contribution in [-0.2, 0) is 6.42 Å². The molecule has 0 atom stereocenters. The lowest BCUT2D eigenvalue weighted by molar-refractivity contribution is 0.196. The number of hydrogen-bond donors (Lipinski definition) is 0. The number of rotatable bonds is 8. The molecule has 0 bridgehead atoms. The number of unbranched alkanes of at least 4 members (excludes halogenated alkanes) is 1. The molecule has 0 heterocycles. The van der Waals surface area contributed by atoms with Crippen molar-refractivity contribution in [3.63, 3.8) is 0 Å². The zero-order valence-corrected chi connectivity index (χ0v) is 19.4. The van der Waals surface area contributed by atoms with Gasteiger partial charge in [0.25, 0.3) is 0 Å². The van der Waals surface area contributed by atoms with E-state index in [0.717, 1.165) is 24.2 Å². The molecule has 1 aromatic rings. The van der Waals surface area contributed by atoms with E-state index in [-0.39, 0.29) is 0 Å². The number of benzene rings is 1. The highest BCUT2D eigenvalue weighted by molar-refractivity contribution is 5.27. The molecule has 1 heteroatoms. The molecule has 0 spiro atoms. The summed E-state index contributed by atoms with van der Waals surface area (Å²) in [6, 6.07) is 8.73. The molecule has 2 fully saturated rings. The summed E-state index contributed by atoms with van der Waals surface area (Å²) < 4.78 is 6.07. The van der Waals surface area contributed by atoms with Crippen molar-refractivity contribution in [1.82, 2.24) is 0 Å². The van der Waals surface area contributed by atoms with Crippen molar-refractivity contribution in [2.24, 2.45) is 23.7 Å². The van der Waals surface area contributed by atoms with Crippen LogP contribution in [0, 0.1) is 35.5 Å². The Morgan fingerprint density at radius 1 is 0.900 bits per heavy atom. The van der Waals surface area contributed by atoms with Gasteiger partial charge in [-0.3, -0.25) is 0 Å². The highest BCUT2D eigenvalue weighted by atomic mass is 16.5. The van der Waals surface area contributed by atoms with Gasteiger partial charge in [-0.05, 0) is 106 Å². The zero-order chi connectivity index (χ0) is 21.0. The van der Waals surface area contributed by atoms with Gasteiger partial charge in [0.1, 0.15) is 5.75 Å². The third kappa shape index (κ3) is 7.86. The molecule has 164 valence electrons. The molecule has 0 radical (unpaired) electrons. The average molecular weight is 407 g/mol.